The second-order valence-corrected chi connectivity index (χ2v) is 8.51. The molecule has 0 saturated heterocycles. The Balaban J connectivity index is 0.00000216. The quantitative estimate of drug-likeness (QED) is 0.223. The lowest BCUT2D eigenvalue weighted by molar-refractivity contribution is -0.713. The minimum atomic E-state index is -0.601. The number of aliphatic hydroxyl groups excluding tert-OH is 1. The molecule has 4 rings (SSSR count). The highest BCUT2D eigenvalue weighted by Crippen LogP contribution is 2.25. The third kappa shape index (κ3) is 5.91. The van der Waals surface area contributed by atoms with Crippen molar-refractivity contribution in [1.29, 1.82) is 0 Å². The summed E-state index contributed by atoms with van der Waals surface area (Å²) in [7, 11) is 3.12. The molecular formula is C24H33ClN5O5+. The van der Waals surface area contributed by atoms with Gasteiger partial charge in [0.15, 0.2) is 6.20 Å². The van der Waals surface area contributed by atoms with Crippen LogP contribution in [0.25, 0.3) is 16.4 Å². The van der Waals surface area contributed by atoms with Gasteiger partial charge < -0.3 is 33.0 Å². The molecule has 0 aliphatic carbocycles. The molecule has 0 aliphatic heterocycles. The monoisotopic (exact) mass is 506 g/mol. The van der Waals surface area contributed by atoms with Crippen molar-refractivity contribution in [1.82, 2.24) is 13.8 Å². The first kappa shape index (κ1) is 28.1. The van der Waals surface area contributed by atoms with Gasteiger partial charge in [0.2, 0.25) is 0 Å². The zero-order valence-electron chi connectivity index (χ0n) is 20.1. The fourth-order valence-electron chi connectivity index (χ4n) is 4.03. The summed E-state index contributed by atoms with van der Waals surface area (Å²) in [6.07, 6.45) is 3.74. The van der Waals surface area contributed by atoms with Gasteiger partial charge in [0.25, 0.3) is 0 Å². The van der Waals surface area contributed by atoms with E-state index in [1.807, 2.05) is 53.2 Å². The molecule has 0 saturated carbocycles. The van der Waals surface area contributed by atoms with Crippen LogP contribution in [0.3, 0.4) is 0 Å². The molecule has 2 heterocycles. The first-order valence-corrected chi connectivity index (χ1v) is 11.2. The first-order chi connectivity index (χ1) is 15.9. The van der Waals surface area contributed by atoms with E-state index in [0.29, 0.717) is 18.7 Å². The van der Waals surface area contributed by atoms with Crippen molar-refractivity contribution >= 4 is 16.4 Å². The molecule has 10 nitrogen and oxygen atoms in total. The minimum Gasteiger partial charge on any atom is -1.00 e. The van der Waals surface area contributed by atoms with Crippen LogP contribution in [0.5, 0.6) is 5.75 Å². The zero-order chi connectivity index (χ0) is 23.5. The molecule has 4 aromatic rings. The third-order valence-corrected chi connectivity index (χ3v) is 6.08. The fourth-order valence-corrected chi connectivity index (χ4v) is 4.03. The summed E-state index contributed by atoms with van der Waals surface area (Å²) >= 11 is 0. The van der Waals surface area contributed by atoms with Gasteiger partial charge in [0.05, 0.1) is 19.6 Å². The summed E-state index contributed by atoms with van der Waals surface area (Å²) in [6.45, 7) is 3.46. The molecule has 0 fully saturated rings. The Bertz CT molecular complexity index is 1390. The number of aromatic nitrogens is 4. The normalized spacial score (nSPS) is 12.7. The summed E-state index contributed by atoms with van der Waals surface area (Å²) in [4.78, 5) is 24.7. The lowest BCUT2D eigenvalue weighted by Crippen LogP contribution is -3.00. The largest absolute Gasteiger partial charge is 1.00 e. The maximum atomic E-state index is 12.6. The Morgan fingerprint density at radius 2 is 1.83 bits per heavy atom. The lowest BCUT2D eigenvalue weighted by atomic mass is 10.1. The van der Waals surface area contributed by atoms with Gasteiger partial charge in [-0.3, -0.25) is 9.36 Å². The van der Waals surface area contributed by atoms with Crippen LogP contribution in [0.1, 0.15) is 13.3 Å². The molecule has 0 radical (unpaired) electrons. The maximum Gasteiger partial charge on any atom is 0.372 e. The van der Waals surface area contributed by atoms with Crippen molar-refractivity contribution in [2.75, 3.05) is 13.2 Å². The van der Waals surface area contributed by atoms with E-state index >= 15 is 0 Å². The molecule has 2 aromatic heterocycles. The number of hydrogen-bond acceptors (Lipinski definition) is 4. The Morgan fingerprint density at radius 1 is 1.11 bits per heavy atom. The van der Waals surface area contributed by atoms with Crippen LogP contribution < -0.4 is 38.3 Å². The molecule has 11 heteroatoms. The summed E-state index contributed by atoms with van der Waals surface area (Å²) in [5, 5.41) is 14.6. The minimum absolute atomic E-state index is 0. The molecule has 5 N–H and O–H groups in total. The Hall–Kier alpha value is -3.18. The second kappa shape index (κ2) is 12.0. The predicted octanol–water partition coefficient (Wildman–Crippen LogP) is -4.26. The summed E-state index contributed by atoms with van der Waals surface area (Å²) in [6, 6.07) is 14.2. The second-order valence-electron chi connectivity index (χ2n) is 8.51. The van der Waals surface area contributed by atoms with Crippen LogP contribution >= 0.6 is 0 Å². The van der Waals surface area contributed by atoms with E-state index in [0.717, 1.165) is 27.5 Å². The van der Waals surface area contributed by atoms with E-state index in [4.69, 9.17) is 4.74 Å². The lowest BCUT2D eigenvalue weighted by Gasteiger charge is -2.15. The van der Waals surface area contributed by atoms with Crippen molar-refractivity contribution in [3.63, 3.8) is 0 Å². The standard InChI is InChI=1S/C24H30N5O4.ClH.H2O/c1-17(11-12-28-13-14-29-22(28)23(31)26(2)24(32)27(29)3)25-15-19(30)16-33-21-10-6-8-18-7-4-5-9-20(18)21;;/h4-10,13-14,17,19,25,30H,11-12,15-16H2,1-3H3;1H;1H2/q+1;;. The average molecular weight is 507 g/mol. The number of quaternary nitrogens is 1. The Kier molecular flexibility index (Phi) is 9.61. The summed E-state index contributed by atoms with van der Waals surface area (Å²) in [5.41, 5.74) is -0.229. The predicted molar refractivity (Wildman–Crippen MR) is 128 cm³/mol. The summed E-state index contributed by atoms with van der Waals surface area (Å²) in [5.74, 6) is 0.771. The van der Waals surface area contributed by atoms with Crippen molar-refractivity contribution in [3.8, 4) is 5.75 Å². The van der Waals surface area contributed by atoms with E-state index in [2.05, 4.69) is 12.2 Å². The van der Waals surface area contributed by atoms with Crippen LogP contribution in [0.2, 0.25) is 0 Å². The molecule has 2 atom stereocenters. The molecule has 0 spiro atoms. The number of nitrogens with two attached hydrogens (primary N) is 1. The average Bonchev–Trinajstić information content (AvgIpc) is 3.26. The van der Waals surface area contributed by atoms with E-state index in [1.54, 1.807) is 17.8 Å². The van der Waals surface area contributed by atoms with Gasteiger partial charge in [-0.15, -0.1) is 4.52 Å². The van der Waals surface area contributed by atoms with Gasteiger partial charge in [-0.1, -0.05) is 36.4 Å². The number of aryl methyl sites for hydroxylation is 2. The molecule has 2 unspecified atom stereocenters. The number of hydrogen-bond donors (Lipinski definition) is 2. The number of ether oxygens (including phenoxy) is 1. The SMILES string of the molecule is CC(CC[n+]1ccn2c1c(=O)n(C)c(=O)n2C)[NH2+]CC(O)COc1cccc2ccccc12.O.[Cl-]. The van der Waals surface area contributed by atoms with E-state index in [1.165, 1.54) is 11.7 Å². The summed E-state index contributed by atoms with van der Waals surface area (Å²) < 4.78 is 11.9. The number of nitrogens with zero attached hydrogens (tertiary/aromatic N) is 4. The van der Waals surface area contributed by atoms with E-state index in [9.17, 15) is 14.7 Å². The van der Waals surface area contributed by atoms with Gasteiger partial charge in [-0.2, -0.15) is 4.68 Å². The highest BCUT2D eigenvalue weighted by atomic mass is 35.5. The molecule has 2 aromatic carbocycles. The van der Waals surface area contributed by atoms with E-state index in [-0.39, 0.29) is 41.8 Å². The topological polar surface area (TPSA) is 130 Å². The van der Waals surface area contributed by atoms with Gasteiger partial charge in [0.1, 0.15) is 31.2 Å². The van der Waals surface area contributed by atoms with Crippen molar-refractivity contribution in [3.05, 3.63) is 75.7 Å². The Morgan fingerprint density at radius 3 is 2.60 bits per heavy atom. The highest BCUT2D eigenvalue weighted by Gasteiger charge is 2.21. The Labute approximate surface area is 208 Å². The third-order valence-electron chi connectivity index (χ3n) is 6.08. The van der Waals surface area contributed by atoms with Crippen LogP contribution in [0.15, 0.2) is 64.4 Å². The number of fused-ring (bicyclic) bond motifs is 2. The smallest absolute Gasteiger partial charge is 0.372 e. The number of benzene rings is 2. The van der Waals surface area contributed by atoms with E-state index < -0.39 is 6.10 Å². The van der Waals surface area contributed by atoms with Gasteiger partial charge in [-0.25, -0.2) is 9.36 Å². The van der Waals surface area contributed by atoms with Crippen LogP contribution in [0.4, 0.5) is 0 Å². The van der Waals surface area contributed by atoms with Crippen molar-refractivity contribution in [2.24, 2.45) is 14.1 Å². The highest BCUT2D eigenvalue weighted by molar-refractivity contribution is 5.88. The molecular weight excluding hydrogens is 474 g/mol. The van der Waals surface area contributed by atoms with Gasteiger partial charge in [-0.05, 0) is 18.4 Å². The van der Waals surface area contributed by atoms with Crippen molar-refractivity contribution < 1.29 is 37.6 Å². The maximum absolute atomic E-state index is 12.6. The van der Waals surface area contributed by atoms with Crippen LogP contribution in [0, 0.1) is 0 Å². The van der Waals surface area contributed by atoms with Crippen molar-refractivity contribution in [2.45, 2.75) is 32.0 Å². The molecule has 0 aliphatic rings. The number of imidazole rings is 1. The molecule has 0 bridgehead atoms. The van der Waals surface area contributed by atoms with Gasteiger partial charge in [0, 0.05) is 18.9 Å². The molecule has 190 valence electrons. The fraction of sp³-hybridized carbons (Fsp3) is 0.375. The number of halogens is 1. The molecule has 0 amide bonds. The first-order valence-electron chi connectivity index (χ1n) is 11.2. The number of aliphatic hydroxyl groups is 1. The van der Waals surface area contributed by atoms with Crippen LogP contribution in [-0.4, -0.2) is 49.6 Å². The van der Waals surface area contributed by atoms with Gasteiger partial charge >= 0.3 is 16.9 Å². The van der Waals surface area contributed by atoms with Crippen LogP contribution in [-0.2, 0) is 20.6 Å². The molecule has 35 heavy (non-hydrogen) atoms. The number of rotatable bonds is 9. The zero-order valence-corrected chi connectivity index (χ0v) is 20.9.